The number of nitrogens with two attached hydrogens (primary N) is 1. The number of aromatic hydroxyl groups is 1. The van der Waals surface area contributed by atoms with Crippen molar-refractivity contribution in [2.75, 3.05) is 5.73 Å². The molecule has 1 aromatic heterocycles. The van der Waals surface area contributed by atoms with Crippen LogP contribution in [0.1, 0.15) is 25.1 Å². The number of benzene rings is 1. The number of rotatable bonds is 2. The van der Waals surface area contributed by atoms with Crippen LogP contribution in [0.15, 0.2) is 12.1 Å². The zero-order valence-corrected chi connectivity index (χ0v) is 15.2. The van der Waals surface area contributed by atoms with Gasteiger partial charge in [-0.15, -0.1) is 0 Å². The molecule has 3 rings (SSSR count). The van der Waals surface area contributed by atoms with Crippen LogP contribution in [0.2, 0.25) is 10.0 Å². The first kappa shape index (κ1) is 17.6. The molecule has 0 unspecified atom stereocenters. The van der Waals surface area contributed by atoms with Crippen LogP contribution in [-0.2, 0) is 13.1 Å². The van der Waals surface area contributed by atoms with Crippen molar-refractivity contribution in [1.82, 2.24) is 20.2 Å². The number of carbonyl (C=O) groups is 1. The molecule has 1 aromatic carbocycles. The molecule has 0 bridgehead atoms. The number of nitrogens with one attached hydrogen (secondary N) is 1. The minimum absolute atomic E-state index is 0.0154. The van der Waals surface area contributed by atoms with Crippen LogP contribution >= 0.6 is 23.2 Å². The van der Waals surface area contributed by atoms with E-state index in [1.54, 1.807) is 4.90 Å². The molecule has 0 fully saturated rings. The van der Waals surface area contributed by atoms with Gasteiger partial charge in [-0.3, -0.25) is 0 Å². The van der Waals surface area contributed by atoms with Crippen molar-refractivity contribution < 1.29 is 9.90 Å². The van der Waals surface area contributed by atoms with E-state index in [4.69, 9.17) is 28.9 Å². The van der Waals surface area contributed by atoms with Crippen LogP contribution in [0.5, 0.6) is 5.75 Å². The molecule has 1 aliphatic heterocycles. The molecule has 7 nitrogen and oxygen atoms in total. The fraction of sp³-hybridized carbons (Fsp3) is 0.312. The van der Waals surface area contributed by atoms with Gasteiger partial charge in [0.15, 0.2) is 0 Å². The van der Waals surface area contributed by atoms with Gasteiger partial charge in [-0.25, -0.2) is 14.8 Å². The third kappa shape index (κ3) is 3.43. The summed E-state index contributed by atoms with van der Waals surface area (Å²) in [5.41, 5.74) is 7.87. The van der Waals surface area contributed by atoms with E-state index < -0.39 is 0 Å². The topological polar surface area (TPSA) is 104 Å². The lowest BCUT2D eigenvalue weighted by Gasteiger charge is -2.18. The van der Waals surface area contributed by atoms with Gasteiger partial charge in [0.05, 0.1) is 35.1 Å². The van der Waals surface area contributed by atoms with Crippen molar-refractivity contribution in [2.45, 2.75) is 33.0 Å². The van der Waals surface area contributed by atoms with Gasteiger partial charge in [0.2, 0.25) is 5.95 Å². The first-order valence-electron chi connectivity index (χ1n) is 7.65. The van der Waals surface area contributed by atoms with Gasteiger partial charge in [0, 0.05) is 16.6 Å². The molecule has 0 saturated heterocycles. The average molecular weight is 382 g/mol. The number of urea groups is 1. The Bertz CT molecular complexity index is 834. The third-order valence-corrected chi connectivity index (χ3v) is 4.29. The van der Waals surface area contributed by atoms with E-state index >= 15 is 0 Å². The predicted octanol–water partition coefficient (Wildman–Crippen LogP) is 3.17. The summed E-state index contributed by atoms with van der Waals surface area (Å²) < 4.78 is 0. The molecule has 2 amide bonds. The van der Waals surface area contributed by atoms with Crippen LogP contribution in [0, 0.1) is 0 Å². The number of hydrogen-bond donors (Lipinski definition) is 3. The number of nitrogens with zero attached hydrogens (tertiary/aromatic N) is 3. The normalized spacial score (nSPS) is 13.2. The number of aromatic nitrogens is 2. The molecule has 0 saturated carbocycles. The smallest absolute Gasteiger partial charge is 0.318 e. The second kappa shape index (κ2) is 6.57. The van der Waals surface area contributed by atoms with Crippen molar-refractivity contribution in [3.05, 3.63) is 33.4 Å². The Hall–Kier alpha value is -2.25. The van der Waals surface area contributed by atoms with Gasteiger partial charge in [-0.05, 0) is 26.0 Å². The molecule has 0 spiro atoms. The van der Waals surface area contributed by atoms with Crippen molar-refractivity contribution in [3.63, 3.8) is 0 Å². The number of hydrogen-bond acceptors (Lipinski definition) is 5. The van der Waals surface area contributed by atoms with E-state index in [-0.39, 0.29) is 28.8 Å². The number of phenolic OH excluding ortho intramolecular Hbond substituents is 1. The second-order valence-electron chi connectivity index (χ2n) is 6.10. The lowest BCUT2D eigenvalue weighted by Crippen LogP contribution is -2.40. The van der Waals surface area contributed by atoms with Gasteiger partial charge in [-0.1, -0.05) is 23.2 Å². The molecule has 132 valence electrons. The number of nitrogen functional groups attached to an aromatic ring is 1. The maximum atomic E-state index is 12.3. The van der Waals surface area contributed by atoms with Crippen LogP contribution < -0.4 is 11.1 Å². The standard InChI is InChI=1S/C16H17Cl2N5O2/c1-7(2)20-16(25)23-5-9-11(6-23)21-15(19)22-14(9)13-10(18)3-8(17)4-12(13)24/h3-4,7,24H,5-6H2,1-2H3,(H,20,25)(H2,19,21,22). The van der Waals surface area contributed by atoms with E-state index in [0.29, 0.717) is 40.6 Å². The van der Waals surface area contributed by atoms with Crippen LogP contribution in [-0.4, -0.2) is 32.0 Å². The van der Waals surface area contributed by atoms with Gasteiger partial charge in [-0.2, -0.15) is 0 Å². The quantitative estimate of drug-likeness (QED) is 0.740. The summed E-state index contributed by atoms with van der Waals surface area (Å²) >= 11 is 12.2. The molecule has 0 atom stereocenters. The highest BCUT2D eigenvalue weighted by Gasteiger charge is 2.30. The Kier molecular flexibility index (Phi) is 4.62. The number of carbonyl (C=O) groups excluding carboxylic acids is 1. The van der Waals surface area contributed by atoms with Crippen molar-refractivity contribution in [1.29, 1.82) is 0 Å². The number of phenols is 1. The molecule has 2 heterocycles. The highest BCUT2D eigenvalue weighted by molar-refractivity contribution is 6.36. The lowest BCUT2D eigenvalue weighted by molar-refractivity contribution is 0.195. The van der Waals surface area contributed by atoms with Crippen molar-refractivity contribution in [2.24, 2.45) is 0 Å². The number of amides is 2. The molecular weight excluding hydrogens is 365 g/mol. The van der Waals surface area contributed by atoms with Gasteiger partial charge >= 0.3 is 6.03 Å². The Morgan fingerprint density at radius 3 is 2.68 bits per heavy atom. The van der Waals surface area contributed by atoms with Crippen molar-refractivity contribution >= 4 is 35.2 Å². The zero-order chi connectivity index (χ0) is 18.3. The largest absolute Gasteiger partial charge is 0.507 e. The molecule has 25 heavy (non-hydrogen) atoms. The SMILES string of the molecule is CC(C)NC(=O)N1Cc2nc(N)nc(-c3c(O)cc(Cl)cc3Cl)c2C1. The first-order chi connectivity index (χ1) is 11.8. The van der Waals surface area contributed by atoms with Gasteiger partial charge in [0.1, 0.15) is 5.75 Å². The fourth-order valence-corrected chi connectivity index (χ4v) is 3.33. The lowest BCUT2D eigenvalue weighted by atomic mass is 10.0. The molecule has 0 aliphatic carbocycles. The molecule has 2 aromatic rings. The molecule has 1 aliphatic rings. The summed E-state index contributed by atoms with van der Waals surface area (Å²) in [6.07, 6.45) is 0. The first-order valence-corrected chi connectivity index (χ1v) is 8.41. The van der Waals surface area contributed by atoms with E-state index in [2.05, 4.69) is 15.3 Å². The molecular formula is C16H17Cl2N5O2. The van der Waals surface area contributed by atoms with E-state index in [0.717, 1.165) is 0 Å². The minimum atomic E-state index is -0.205. The minimum Gasteiger partial charge on any atom is -0.507 e. The Morgan fingerprint density at radius 1 is 1.32 bits per heavy atom. The summed E-state index contributed by atoms with van der Waals surface area (Å²) in [6.45, 7) is 4.37. The summed E-state index contributed by atoms with van der Waals surface area (Å²) in [5, 5.41) is 13.7. The highest BCUT2D eigenvalue weighted by Crippen LogP contribution is 2.41. The summed E-state index contributed by atoms with van der Waals surface area (Å²) in [6, 6.07) is 2.71. The van der Waals surface area contributed by atoms with Crippen LogP contribution in [0.25, 0.3) is 11.3 Å². The summed E-state index contributed by atoms with van der Waals surface area (Å²) in [4.78, 5) is 22.3. The highest BCUT2D eigenvalue weighted by atomic mass is 35.5. The molecule has 4 N–H and O–H groups in total. The Morgan fingerprint density at radius 2 is 2.04 bits per heavy atom. The Balaban J connectivity index is 2.05. The zero-order valence-electron chi connectivity index (χ0n) is 13.7. The van der Waals surface area contributed by atoms with E-state index in [9.17, 15) is 9.90 Å². The van der Waals surface area contributed by atoms with Gasteiger partial charge < -0.3 is 21.1 Å². The number of fused-ring (bicyclic) bond motifs is 1. The number of halogens is 2. The molecule has 9 heteroatoms. The summed E-state index contributed by atoms with van der Waals surface area (Å²) in [7, 11) is 0. The second-order valence-corrected chi connectivity index (χ2v) is 6.94. The predicted molar refractivity (Wildman–Crippen MR) is 96.5 cm³/mol. The van der Waals surface area contributed by atoms with Crippen molar-refractivity contribution in [3.8, 4) is 17.0 Å². The van der Waals surface area contributed by atoms with Gasteiger partial charge in [0.25, 0.3) is 0 Å². The molecule has 0 radical (unpaired) electrons. The fourth-order valence-electron chi connectivity index (χ4n) is 2.76. The third-order valence-electron chi connectivity index (χ3n) is 3.77. The maximum absolute atomic E-state index is 12.3. The van der Waals surface area contributed by atoms with E-state index in [1.165, 1.54) is 12.1 Å². The Labute approximate surface area is 154 Å². The average Bonchev–Trinajstić information content (AvgIpc) is 2.89. The van der Waals surface area contributed by atoms with E-state index in [1.807, 2.05) is 13.8 Å². The van der Waals surface area contributed by atoms with Crippen LogP contribution in [0.3, 0.4) is 0 Å². The monoisotopic (exact) mass is 381 g/mol. The number of anilines is 1. The maximum Gasteiger partial charge on any atom is 0.318 e. The summed E-state index contributed by atoms with van der Waals surface area (Å²) in [5.74, 6) is -0.0619. The van der Waals surface area contributed by atoms with Crippen LogP contribution in [0.4, 0.5) is 10.7 Å².